The number of carbonyl (C=O) groups excluding carboxylic acids is 2. The van der Waals surface area contributed by atoms with Crippen LogP contribution in [0, 0.1) is 0 Å². The molecule has 2 amide bonds. The first-order valence-corrected chi connectivity index (χ1v) is 8.76. The van der Waals surface area contributed by atoms with Crippen LogP contribution in [-0.2, 0) is 16.0 Å². The maximum Gasteiger partial charge on any atom is 0.278 e. The second-order valence-corrected chi connectivity index (χ2v) is 6.31. The van der Waals surface area contributed by atoms with Gasteiger partial charge < -0.3 is 9.64 Å². The van der Waals surface area contributed by atoms with Crippen LogP contribution in [0.2, 0.25) is 0 Å². The number of fused-ring (bicyclic) bond motifs is 1. The Morgan fingerprint density at radius 3 is 2.50 bits per heavy atom. The van der Waals surface area contributed by atoms with Gasteiger partial charge in [-0.25, -0.2) is 0 Å². The van der Waals surface area contributed by atoms with E-state index in [1.54, 1.807) is 7.11 Å². The molecule has 0 fully saturated rings. The lowest BCUT2D eigenvalue weighted by Crippen LogP contribution is -2.34. The summed E-state index contributed by atoms with van der Waals surface area (Å²) in [6.07, 6.45) is 0.854. The molecule has 4 rings (SSSR count). The molecular formula is C21H20N2O3. The van der Waals surface area contributed by atoms with E-state index in [0.29, 0.717) is 35.7 Å². The molecule has 0 N–H and O–H groups in total. The van der Waals surface area contributed by atoms with Crippen LogP contribution in [0.25, 0.3) is 5.57 Å². The van der Waals surface area contributed by atoms with Crippen molar-refractivity contribution in [2.75, 3.05) is 25.1 Å². The first kappa shape index (κ1) is 16.4. The average molecular weight is 348 g/mol. The third-order valence-electron chi connectivity index (χ3n) is 4.99. The predicted octanol–water partition coefficient (Wildman–Crippen LogP) is 2.86. The van der Waals surface area contributed by atoms with E-state index in [9.17, 15) is 9.59 Å². The summed E-state index contributed by atoms with van der Waals surface area (Å²) in [6, 6.07) is 15.4. The lowest BCUT2D eigenvalue weighted by molar-refractivity contribution is -0.136. The molecule has 0 bridgehead atoms. The monoisotopic (exact) mass is 348 g/mol. The number of rotatable bonds is 4. The van der Waals surface area contributed by atoms with Crippen molar-refractivity contribution in [3.05, 3.63) is 65.4 Å². The van der Waals surface area contributed by atoms with Crippen LogP contribution >= 0.6 is 0 Å². The maximum atomic E-state index is 13.1. The van der Waals surface area contributed by atoms with Crippen LogP contribution in [-0.4, -0.2) is 36.9 Å². The van der Waals surface area contributed by atoms with Crippen LogP contribution < -0.4 is 9.64 Å². The Balaban J connectivity index is 1.94. The Hall–Kier alpha value is -3.08. The number of anilines is 1. The molecule has 0 spiro atoms. The zero-order valence-corrected chi connectivity index (χ0v) is 14.9. The van der Waals surface area contributed by atoms with Gasteiger partial charge >= 0.3 is 0 Å². The number of hydrogen-bond donors (Lipinski definition) is 0. The molecule has 0 saturated heterocycles. The van der Waals surface area contributed by atoms with Crippen molar-refractivity contribution >= 4 is 23.1 Å². The van der Waals surface area contributed by atoms with E-state index in [-0.39, 0.29) is 11.8 Å². The van der Waals surface area contributed by atoms with Crippen LogP contribution in [0.1, 0.15) is 18.1 Å². The minimum absolute atomic E-state index is 0.241. The second-order valence-electron chi connectivity index (χ2n) is 6.31. The van der Waals surface area contributed by atoms with Crippen molar-refractivity contribution in [1.82, 2.24) is 4.90 Å². The van der Waals surface area contributed by atoms with E-state index in [1.807, 2.05) is 54.3 Å². The number of amides is 2. The molecule has 2 heterocycles. The molecule has 0 unspecified atom stereocenters. The van der Waals surface area contributed by atoms with E-state index in [1.165, 1.54) is 10.5 Å². The molecule has 0 atom stereocenters. The molecule has 132 valence electrons. The van der Waals surface area contributed by atoms with Crippen molar-refractivity contribution in [3.63, 3.8) is 0 Å². The number of methoxy groups -OCH3 is 1. The van der Waals surface area contributed by atoms with E-state index in [2.05, 4.69) is 6.07 Å². The van der Waals surface area contributed by atoms with E-state index >= 15 is 0 Å². The zero-order chi connectivity index (χ0) is 18.3. The van der Waals surface area contributed by atoms with Gasteiger partial charge in [0.15, 0.2) is 0 Å². The van der Waals surface area contributed by atoms with Gasteiger partial charge in [-0.3, -0.25) is 14.5 Å². The van der Waals surface area contributed by atoms with Crippen LogP contribution in [0.15, 0.2) is 54.2 Å². The second kappa shape index (κ2) is 6.33. The minimum atomic E-state index is -0.263. The molecule has 5 nitrogen and oxygen atoms in total. The van der Waals surface area contributed by atoms with Crippen molar-refractivity contribution in [2.45, 2.75) is 13.3 Å². The highest BCUT2D eigenvalue weighted by molar-refractivity contribution is 6.37. The number of likely N-dealkylation sites (N-methyl/N-ethyl adjacent to an activating group) is 1. The fourth-order valence-electron chi connectivity index (χ4n) is 3.77. The summed E-state index contributed by atoms with van der Waals surface area (Å²) in [5.41, 5.74) is 3.71. The van der Waals surface area contributed by atoms with Crippen LogP contribution in [0.3, 0.4) is 0 Å². The number of benzene rings is 2. The normalized spacial score (nSPS) is 16.5. The molecule has 2 aromatic rings. The molecule has 2 aromatic carbocycles. The van der Waals surface area contributed by atoms with Crippen LogP contribution in [0.5, 0.6) is 5.75 Å². The third kappa shape index (κ3) is 2.31. The molecule has 0 radical (unpaired) electrons. The van der Waals surface area contributed by atoms with Gasteiger partial charge in [-0.2, -0.15) is 0 Å². The molecular weight excluding hydrogens is 328 g/mol. The van der Waals surface area contributed by atoms with Crippen molar-refractivity contribution in [2.24, 2.45) is 0 Å². The summed E-state index contributed by atoms with van der Waals surface area (Å²) in [4.78, 5) is 29.4. The van der Waals surface area contributed by atoms with E-state index in [0.717, 1.165) is 12.1 Å². The molecule has 0 aromatic heterocycles. The van der Waals surface area contributed by atoms with Crippen LogP contribution in [0.4, 0.5) is 5.69 Å². The molecule has 5 heteroatoms. The first-order valence-electron chi connectivity index (χ1n) is 8.76. The summed E-state index contributed by atoms with van der Waals surface area (Å²) in [5.74, 6) is 0.0862. The lowest BCUT2D eigenvalue weighted by atomic mass is 10.0. The van der Waals surface area contributed by atoms with Crippen molar-refractivity contribution in [3.8, 4) is 5.75 Å². The summed E-state index contributed by atoms with van der Waals surface area (Å²) in [5, 5.41) is 0. The van der Waals surface area contributed by atoms with Crippen molar-refractivity contribution < 1.29 is 14.3 Å². The Morgan fingerprint density at radius 2 is 1.73 bits per heavy atom. The number of ether oxygens (including phenoxy) is 1. The Kier molecular flexibility index (Phi) is 3.99. The first-order chi connectivity index (χ1) is 12.7. The van der Waals surface area contributed by atoms with E-state index < -0.39 is 0 Å². The average Bonchev–Trinajstić information content (AvgIpc) is 3.19. The quantitative estimate of drug-likeness (QED) is 0.797. The highest BCUT2D eigenvalue weighted by Gasteiger charge is 2.43. The summed E-state index contributed by atoms with van der Waals surface area (Å²) >= 11 is 0. The summed E-state index contributed by atoms with van der Waals surface area (Å²) in [6.45, 7) is 2.84. The van der Waals surface area contributed by atoms with Gasteiger partial charge in [0.05, 0.1) is 12.7 Å². The number of para-hydroxylation sites is 2. The smallest absolute Gasteiger partial charge is 0.278 e. The number of hydrogen-bond acceptors (Lipinski definition) is 4. The minimum Gasteiger partial charge on any atom is -0.496 e. The largest absolute Gasteiger partial charge is 0.496 e. The Morgan fingerprint density at radius 1 is 1.00 bits per heavy atom. The van der Waals surface area contributed by atoms with Gasteiger partial charge in [0.2, 0.25) is 0 Å². The van der Waals surface area contributed by atoms with Gasteiger partial charge in [0.1, 0.15) is 11.4 Å². The molecule has 0 aliphatic carbocycles. The molecule has 2 aliphatic heterocycles. The fraction of sp³-hybridized carbons (Fsp3) is 0.238. The lowest BCUT2D eigenvalue weighted by Gasteiger charge is -2.21. The third-order valence-corrected chi connectivity index (χ3v) is 4.99. The highest BCUT2D eigenvalue weighted by atomic mass is 16.5. The summed E-state index contributed by atoms with van der Waals surface area (Å²) < 4.78 is 5.46. The SMILES string of the molecule is CCN1C(=O)C(c2ccccc2OC)=C(N2CCc3ccccc32)C1=O. The number of imide groups is 1. The van der Waals surface area contributed by atoms with Gasteiger partial charge in [-0.1, -0.05) is 36.4 Å². The Bertz CT molecular complexity index is 932. The topological polar surface area (TPSA) is 49.9 Å². The number of carbonyl (C=O) groups is 2. The van der Waals surface area contributed by atoms with Crippen molar-refractivity contribution in [1.29, 1.82) is 0 Å². The number of nitrogens with zero attached hydrogens (tertiary/aromatic N) is 2. The van der Waals surface area contributed by atoms with Gasteiger partial charge in [0.25, 0.3) is 11.8 Å². The molecule has 2 aliphatic rings. The van der Waals surface area contributed by atoms with E-state index in [4.69, 9.17) is 4.74 Å². The van der Waals surface area contributed by atoms with Gasteiger partial charge in [0, 0.05) is 24.3 Å². The fourth-order valence-corrected chi connectivity index (χ4v) is 3.77. The highest BCUT2D eigenvalue weighted by Crippen LogP contribution is 2.40. The molecule has 0 saturated carbocycles. The summed E-state index contributed by atoms with van der Waals surface area (Å²) in [7, 11) is 1.57. The molecule has 26 heavy (non-hydrogen) atoms. The maximum absolute atomic E-state index is 13.1. The van der Waals surface area contributed by atoms with Gasteiger partial charge in [-0.05, 0) is 31.0 Å². The van der Waals surface area contributed by atoms with Gasteiger partial charge in [-0.15, -0.1) is 0 Å². The standard InChI is InChI=1S/C21H20N2O3/c1-3-22-20(24)18(15-9-5-7-11-17(15)26-2)19(21(22)25)23-13-12-14-8-4-6-10-16(14)23/h4-11H,3,12-13H2,1-2H3. The predicted molar refractivity (Wildman–Crippen MR) is 99.8 cm³/mol. The Labute approximate surface area is 152 Å². The zero-order valence-electron chi connectivity index (χ0n) is 14.9.